The first-order chi connectivity index (χ1) is 8.88. The molecule has 1 amide bonds. The molecule has 1 aliphatic heterocycles. The van der Waals surface area contributed by atoms with Crippen LogP contribution in [0.5, 0.6) is 0 Å². The predicted molar refractivity (Wildman–Crippen MR) is 71.0 cm³/mol. The maximum Gasteiger partial charge on any atom is 0.238 e. The number of aliphatic hydroxyl groups excluding tert-OH is 1. The molecule has 1 saturated heterocycles. The van der Waals surface area contributed by atoms with E-state index in [-0.39, 0.29) is 12.5 Å². The van der Waals surface area contributed by atoms with Gasteiger partial charge in [0.05, 0.1) is 18.4 Å². The minimum Gasteiger partial charge on any atom is -0.394 e. The Morgan fingerprint density at radius 3 is 2.53 bits per heavy atom. The number of hydrogen-bond acceptors (Lipinski definition) is 4. The number of carbonyl (C=O) groups is 1. The van der Waals surface area contributed by atoms with Crippen LogP contribution >= 0.6 is 0 Å². The molecule has 0 radical (unpaired) electrons. The van der Waals surface area contributed by atoms with Crippen LogP contribution in [0.1, 0.15) is 38.5 Å². The molecule has 2 fully saturated rings. The van der Waals surface area contributed by atoms with Crippen molar-refractivity contribution in [3.8, 4) is 0 Å². The van der Waals surface area contributed by atoms with E-state index >= 15 is 0 Å². The van der Waals surface area contributed by atoms with Crippen LogP contribution < -0.4 is 5.32 Å². The minimum atomic E-state index is -3.36. The number of amides is 1. The molecule has 6 nitrogen and oxygen atoms in total. The molecule has 0 spiro atoms. The standard InChI is InChI=1S/C12H22N2O4S/c1-19(17,18)14-8-3-2-5-10(14)11(16)13-12(9-15)6-4-7-12/h10,15H,2-9H2,1H3,(H,13,16). The van der Waals surface area contributed by atoms with Gasteiger partial charge in [0.2, 0.25) is 15.9 Å². The van der Waals surface area contributed by atoms with E-state index in [4.69, 9.17) is 0 Å². The first-order valence-electron chi connectivity index (χ1n) is 6.78. The largest absolute Gasteiger partial charge is 0.394 e. The van der Waals surface area contributed by atoms with Crippen LogP contribution in [0.3, 0.4) is 0 Å². The highest BCUT2D eigenvalue weighted by molar-refractivity contribution is 7.88. The van der Waals surface area contributed by atoms with E-state index in [0.29, 0.717) is 13.0 Å². The fourth-order valence-electron chi connectivity index (χ4n) is 2.83. The summed E-state index contributed by atoms with van der Waals surface area (Å²) in [7, 11) is -3.36. The lowest BCUT2D eigenvalue weighted by atomic mass is 9.77. The van der Waals surface area contributed by atoms with Gasteiger partial charge < -0.3 is 10.4 Å². The first-order valence-corrected chi connectivity index (χ1v) is 8.62. The van der Waals surface area contributed by atoms with Gasteiger partial charge in [0.25, 0.3) is 0 Å². The molecule has 0 aromatic carbocycles. The van der Waals surface area contributed by atoms with Gasteiger partial charge in [0, 0.05) is 6.54 Å². The van der Waals surface area contributed by atoms with Gasteiger partial charge in [-0.05, 0) is 32.1 Å². The SMILES string of the molecule is CS(=O)(=O)N1CCCCC1C(=O)NC1(CO)CCC1. The number of aliphatic hydroxyl groups is 1. The second kappa shape index (κ2) is 5.38. The van der Waals surface area contributed by atoms with Crippen LogP contribution in [0.4, 0.5) is 0 Å². The van der Waals surface area contributed by atoms with Gasteiger partial charge in [0.1, 0.15) is 6.04 Å². The molecule has 1 atom stereocenters. The number of hydrogen-bond donors (Lipinski definition) is 2. The molecule has 0 aromatic rings. The zero-order chi connectivity index (χ0) is 14.1. The van der Waals surface area contributed by atoms with E-state index in [1.165, 1.54) is 4.31 Å². The molecule has 0 bridgehead atoms. The van der Waals surface area contributed by atoms with Crippen LogP contribution in [0.25, 0.3) is 0 Å². The van der Waals surface area contributed by atoms with Crippen molar-refractivity contribution in [3.05, 3.63) is 0 Å². The summed E-state index contributed by atoms with van der Waals surface area (Å²) in [6.07, 6.45) is 5.87. The van der Waals surface area contributed by atoms with E-state index in [0.717, 1.165) is 38.4 Å². The molecular formula is C12H22N2O4S. The lowest BCUT2D eigenvalue weighted by Gasteiger charge is -2.43. The molecule has 1 unspecified atom stereocenters. The van der Waals surface area contributed by atoms with Gasteiger partial charge in [-0.1, -0.05) is 6.42 Å². The average molecular weight is 290 g/mol. The summed E-state index contributed by atoms with van der Waals surface area (Å²) in [4.78, 5) is 12.3. The molecule has 1 saturated carbocycles. The smallest absolute Gasteiger partial charge is 0.238 e. The zero-order valence-corrected chi connectivity index (χ0v) is 12.1. The Kier molecular flexibility index (Phi) is 4.17. The fraction of sp³-hybridized carbons (Fsp3) is 0.917. The Labute approximate surface area is 114 Å². The van der Waals surface area contributed by atoms with Gasteiger partial charge in [-0.2, -0.15) is 4.31 Å². The topological polar surface area (TPSA) is 86.7 Å². The summed E-state index contributed by atoms with van der Waals surface area (Å²) < 4.78 is 24.7. The third kappa shape index (κ3) is 3.09. The Bertz CT molecular complexity index is 439. The number of sulfonamides is 1. The molecule has 110 valence electrons. The van der Waals surface area contributed by atoms with E-state index in [9.17, 15) is 18.3 Å². The number of rotatable bonds is 4. The Morgan fingerprint density at radius 1 is 1.37 bits per heavy atom. The van der Waals surface area contributed by atoms with Crippen LogP contribution in [-0.2, 0) is 14.8 Å². The predicted octanol–water partition coefficient (Wildman–Crippen LogP) is -0.168. The van der Waals surface area contributed by atoms with Crippen molar-refractivity contribution < 1.29 is 18.3 Å². The van der Waals surface area contributed by atoms with Gasteiger partial charge in [-0.3, -0.25) is 4.79 Å². The summed E-state index contributed by atoms with van der Waals surface area (Å²) >= 11 is 0. The summed E-state index contributed by atoms with van der Waals surface area (Å²) in [5.41, 5.74) is -0.516. The maximum atomic E-state index is 12.3. The van der Waals surface area contributed by atoms with Crippen molar-refractivity contribution in [3.63, 3.8) is 0 Å². The van der Waals surface area contributed by atoms with Crippen molar-refractivity contribution in [2.75, 3.05) is 19.4 Å². The highest BCUT2D eigenvalue weighted by Gasteiger charge is 2.42. The Morgan fingerprint density at radius 2 is 2.05 bits per heavy atom. The molecule has 7 heteroatoms. The van der Waals surface area contributed by atoms with Gasteiger partial charge >= 0.3 is 0 Å². The zero-order valence-electron chi connectivity index (χ0n) is 11.3. The second-order valence-electron chi connectivity index (χ2n) is 5.67. The number of nitrogens with zero attached hydrogens (tertiary/aromatic N) is 1. The van der Waals surface area contributed by atoms with Crippen molar-refractivity contribution in [1.29, 1.82) is 0 Å². The summed E-state index contributed by atoms with van der Waals surface area (Å²) in [5, 5.41) is 12.2. The molecule has 19 heavy (non-hydrogen) atoms. The van der Waals surface area contributed by atoms with E-state index in [1.807, 2.05) is 0 Å². The van der Waals surface area contributed by atoms with E-state index < -0.39 is 21.6 Å². The van der Waals surface area contributed by atoms with E-state index in [2.05, 4.69) is 5.32 Å². The van der Waals surface area contributed by atoms with Gasteiger partial charge in [0.15, 0.2) is 0 Å². The van der Waals surface area contributed by atoms with Crippen molar-refractivity contribution in [1.82, 2.24) is 9.62 Å². The normalized spacial score (nSPS) is 27.6. The third-order valence-corrected chi connectivity index (χ3v) is 5.47. The van der Waals surface area contributed by atoms with Crippen LogP contribution in [0.2, 0.25) is 0 Å². The van der Waals surface area contributed by atoms with Crippen molar-refractivity contribution in [2.45, 2.75) is 50.1 Å². The molecule has 2 aliphatic rings. The molecule has 2 N–H and O–H groups in total. The summed E-state index contributed by atoms with van der Waals surface area (Å²) in [5.74, 6) is -0.265. The van der Waals surface area contributed by atoms with Crippen LogP contribution in [-0.4, -0.2) is 54.7 Å². The van der Waals surface area contributed by atoms with Crippen molar-refractivity contribution >= 4 is 15.9 Å². The monoisotopic (exact) mass is 290 g/mol. The summed E-state index contributed by atoms with van der Waals surface area (Å²) in [6, 6.07) is -0.618. The number of carbonyl (C=O) groups excluding carboxylic acids is 1. The molecular weight excluding hydrogens is 268 g/mol. The number of nitrogens with one attached hydrogen (secondary N) is 1. The lowest BCUT2D eigenvalue weighted by Crippen LogP contribution is -2.61. The third-order valence-electron chi connectivity index (χ3n) is 4.18. The quantitative estimate of drug-likeness (QED) is 0.753. The molecule has 0 aromatic heterocycles. The van der Waals surface area contributed by atoms with Crippen molar-refractivity contribution in [2.24, 2.45) is 0 Å². The first kappa shape index (κ1) is 14.7. The Hall–Kier alpha value is -0.660. The fourth-order valence-corrected chi connectivity index (χ4v) is 3.96. The molecule has 1 heterocycles. The lowest BCUT2D eigenvalue weighted by molar-refractivity contribution is -0.129. The Balaban J connectivity index is 2.08. The average Bonchev–Trinajstić information content (AvgIpc) is 2.32. The highest BCUT2D eigenvalue weighted by Crippen LogP contribution is 2.32. The van der Waals surface area contributed by atoms with E-state index in [1.54, 1.807) is 0 Å². The highest BCUT2D eigenvalue weighted by atomic mass is 32.2. The van der Waals surface area contributed by atoms with Crippen LogP contribution in [0, 0.1) is 0 Å². The summed E-state index contributed by atoms with van der Waals surface area (Å²) in [6.45, 7) is 0.327. The maximum absolute atomic E-state index is 12.3. The number of piperidine rings is 1. The van der Waals surface area contributed by atoms with Crippen LogP contribution in [0.15, 0.2) is 0 Å². The minimum absolute atomic E-state index is 0.0790. The second-order valence-corrected chi connectivity index (χ2v) is 7.60. The molecule has 2 rings (SSSR count). The van der Waals surface area contributed by atoms with Gasteiger partial charge in [-0.25, -0.2) is 8.42 Å². The molecule has 1 aliphatic carbocycles. The van der Waals surface area contributed by atoms with Gasteiger partial charge in [-0.15, -0.1) is 0 Å².